The summed E-state index contributed by atoms with van der Waals surface area (Å²) in [5.74, 6) is 0. The fourth-order valence-corrected chi connectivity index (χ4v) is 1.17. The average Bonchev–Trinajstić information content (AvgIpc) is 1.86. The zero-order valence-corrected chi connectivity index (χ0v) is 7.44. The molecular formula is C8H19NO. The molecule has 0 spiro atoms. The zero-order chi connectivity index (χ0) is 8.20. The van der Waals surface area contributed by atoms with Crippen LogP contribution in [0.1, 0.15) is 33.6 Å². The molecule has 1 unspecified atom stereocenters. The molecule has 0 saturated carbocycles. The monoisotopic (exact) mass is 145 g/mol. The lowest BCUT2D eigenvalue weighted by Gasteiger charge is -2.29. The molecule has 0 aliphatic rings. The van der Waals surface area contributed by atoms with Crippen LogP contribution in [0.25, 0.3) is 0 Å². The molecule has 0 bridgehead atoms. The molecule has 2 heteroatoms. The summed E-state index contributed by atoms with van der Waals surface area (Å²) in [4.78, 5) is 0. The van der Waals surface area contributed by atoms with Crippen molar-refractivity contribution in [3.8, 4) is 0 Å². The molecule has 0 heterocycles. The fourth-order valence-electron chi connectivity index (χ4n) is 1.17. The van der Waals surface area contributed by atoms with E-state index in [2.05, 4.69) is 26.1 Å². The highest BCUT2D eigenvalue weighted by Gasteiger charge is 2.24. The van der Waals surface area contributed by atoms with Crippen LogP contribution in [-0.2, 0) is 0 Å². The lowest BCUT2D eigenvalue weighted by Crippen LogP contribution is -2.39. The van der Waals surface area contributed by atoms with Gasteiger partial charge in [-0.15, -0.1) is 0 Å². The van der Waals surface area contributed by atoms with Crippen molar-refractivity contribution in [2.75, 3.05) is 7.05 Å². The van der Waals surface area contributed by atoms with E-state index in [0.29, 0.717) is 0 Å². The number of rotatable bonds is 4. The fraction of sp³-hybridized carbons (Fsp3) is 1.00. The standard InChI is InChI=1S/C8H19NO/c1-5-6-8(2,3)7(10)9-4/h7,9-10H,5-6H2,1-4H3. The summed E-state index contributed by atoms with van der Waals surface area (Å²) in [6, 6.07) is 0. The van der Waals surface area contributed by atoms with Crippen molar-refractivity contribution in [3.63, 3.8) is 0 Å². The van der Waals surface area contributed by atoms with Crippen LogP contribution in [0.2, 0.25) is 0 Å². The van der Waals surface area contributed by atoms with Crippen molar-refractivity contribution in [2.45, 2.75) is 39.8 Å². The summed E-state index contributed by atoms with van der Waals surface area (Å²) in [6.07, 6.45) is 1.79. The predicted octanol–water partition coefficient (Wildman–Crippen LogP) is 1.35. The molecule has 1 atom stereocenters. The Morgan fingerprint density at radius 1 is 1.50 bits per heavy atom. The van der Waals surface area contributed by atoms with E-state index in [1.807, 2.05) is 0 Å². The van der Waals surface area contributed by atoms with E-state index < -0.39 is 0 Å². The first-order valence-corrected chi connectivity index (χ1v) is 3.90. The van der Waals surface area contributed by atoms with Gasteiger partial charge >= 0.3 is 0 Å². The van der Waals surface area contributed by atoms with Crippen molar-refractivity contribution in [1.29, 1.82) is 0 Å². The van der Waals surface area contributed by atoms with E-state index >= 15 is 0 Å². The van der Waals surface area contributed by atoms with Crippen molar-refractivity contribution in [3.05, 3.63) is 0 Å². The first-order chi connectivity index (χ1) is 4.54. The minimum atomic E-state index is -0.382. The molecule has 0 aliphatic carbocycles. The zero-order valence-electron chi connectivity index (χ0n) is 7.44. The van der Waals surface area contributed by atoms with Gasteiger partial charge in [0.25, 0.3) is 0 Å². The Hall–Kier alpha value is -0.0800. The second-order valence-electron chi connectivity index (χ2n) is 3.43. The van der Waals surface area contributed by atoms with Gasteiger partial charge in [0.2, 0.25) is 0 Å². The normalized spacial score (nSPS) is 15.3. The quantitative estimate of drug-likeness (QED) is 0.585. The van der Waals surface area contributed by atoms with E-state index in [1.165, 1.54) is 0 Å². The summed E-state index contributed by atoms with van der Waals surface area (Å²) >= 11 is 0. The van der Waals surface area contributed by atoms with Gasteiger partial charge in [-0.3, -0.25) is 5.32 Å². The molecule has 2 nitrogen and oxygen atoms in total. The summed E-state index contributed by atoms with van der Waals surface area (Å²) in [7, 11) is 1.78. The number of hydrogen-bond acceptors (Lipinski definition) is 2. The SMILES string of the molecule is CCCC(C)(C)C(O)NC. The Kier molecular flexibility index (Phi) is 3.91. The van der Waals surface area contributed by atoms with Gasteiger partial charge in [0, 0.05) is 5.41 Å². The third-order valence-corrected chi connectivity index (χ3v) is 1.91. The van der Waals surface area contributed by atoms with Crippen LogP contribution in [0, 0.1) is 5.41 Å². The van der Waals surface area contributed by atoms with Gasteiger partial charge < -0.3 is 5.11 Å². The average molecular weight is 145 g/mol. The first-order valence-electron chi connectivity index (χ1n) is 3.90. The van der Waals surface area contributed by atoms with Crippen LogP contribution in [-0.4, -0.2) is 18.4 Å². The third kappa shape index (κ3) is 2.67. The molecule has 0 amide bonds. The summed E-state index contributed by atoms with van der Waals surface area (Å²) in [5, 5.41) is 12.3. The minimum Gasteiger partial charge on any atom is -0.378 e. The molecule has 0 aromatic carbocycles. The Morgan fingerprint density at radius 2 is 2.00 bits per heavy atom. The molecule has 62 valence electrons. The van der Waals surface area contributed by atoms with Gasteiger partial charge in [-0.2, -0.15) is 0 Å². The molecule has 0 aliphatic heterocycles. The van der Waals surface area contributed by atoms with Crippen molar-refractivity contribution < 1.29 is 5.11 Å². The van der Waals surface area contributed by atoms with Crippen molar-refractivity contribution in [2.24, 2.45) is 5.41 Å². The van der Waals surface area contributed by atoms with Crippen molar-refractivity contribution >= 4 is 0 Å². The predicted molar refractivity (Wildman–Crippen MR) is 43.8 cm³/mol. The summed E-state index contributed by atoms with van der Waals surface area (Å²) in [6.45, 7) is 6.26. The van der Waals surface area contributed by atoms with E-state index in [9.17, 15) is 5.11 Å². The highest BCUT2D eigenvalue weighted by Crippen LogP contribution is 2.24. The van der Waals surface area contributed by atoms with Crippen LogP contribution in [0.3, 0.4) is 0 Å². The first kappa shape index (κ1) is 9.92. The summed E-state index contributed by atoms with van der Waals surface area (Å²) < 4.78 is 0. The van der Waals surface area contributed by atoms with Gasteiger partial charge in [-0.25, -0.2) is 0 Å². The van der Waals surface area contributed by atoms with Crippen LogP contribution in [0.5, 0.6) is 0 Å². The van der Waals surface area contributed by atoms with Gasteiger partial charge in [0.1, 0.15) is 6.23 Å². The van der Waals surface area contributed by atoms with Gasteiger partial charge in [0.05, 0.1) is 0 Å². The molecule has 2 N–H and O–H groups in total. The Balaban J connectivity index is 3.82. The highest BCUT2D eigenvalue weighted by molar-refractivity contribution is 4.73. The Morgan fingerprint density at radius 3 is 2.30 bits per heavy atom. The number of aliphatic hydroxyl groups excluding tert-OH is 1. The smallest absolute Gasteiger partial charge is 0.109 e. The Bertz CT molecular complexity index is 91.3. The molecule has 0 aromatic heterocycles. The Labute approximate surface area is 63.6 Å². The van der Waals surface area contributed by atoms with Crippen LogP contribution in [0.4, 0.5) is 0 Å². The lowest BCUT2D eigenvalue weighted by molar-refractivity contribution is 0.0221. The van der Waals surface area contributed by atoms with Crippen molar-refractivity contribution in [1.82, 2.24) is 5.32 Å². The molecule has 0 saturated heterocycles. The minimum absolute atomic E-state index is 0.00347. The molecular weight excluding hydrogens is 126 g/mol. The number of aliphatic hydroxyl groups is 1. The van der Waals surface area contributed by atoms with Crippen LogP contribution < -0.4 is 5.32 Å². The van der Waals surface area contributed by atoms with E-state index in [0.717, 1.165) is 12.8 Å². The maximum Gasteiger partial charge on any atom is 0.109 e. The molecule has 0 aromatic rings. The second-order valence-corrected chi connectivity index (χ2v) is 3.43. The number of nitrogens with one attached hydrogen (secondary N) is 1. The number of hydrogen-bond donors (Lipinski definition) is 2. The topological polar surface area (TPSA) is 32.3 Å². The second kappa shape index (κ2) is 3.94. The molecule has 0 radical (unpaired) electrons. The van der Waals surface area contributed by atoms with Gasteiger partial charge in [0.15, 0.2) is 0 Å². The van der Waals surface area contributed by atoms with E-state index in [1.54, 1.807) is 7.05 Å². The maximum atomic E-state index is 9.41. The summed E-state index contributed by atoms with van der Waals surface area (Å²) in [5.41, 5.74) is 0.00347. The van der Waals surface area contributed by atoms with Crippen LogP contribution in [0.15, 0.2) is 0 Å². The van der Waals surface area contributed by atoms with Gasteiger partial charge in [-0.1, -0.05) is 27.2 Å². The van der Waals surface area contributed by atoms with Gasteiger partial charge in [-0.05, 0) is 13.5 Å². The molecule has 10 heavy (non-hydrogen) atoms. The molecule has 0 rings (SSSR count). The highest BCUT2D eigenvalue weighted by atomic mass is 16.3. The van der Waals surface area contributed by atoms with Crippen LogP contribution >= 0.6 is 0 Å². The third-order valence-electron chi connectivity index (χ3n) is 1.91. The van der Waals surface area contributed by atoms with E-state index in [-0.39, 0.29) is 11.6 Å². The largest absolute Gasteiger partial charge is 0.378 e. The lowest BCUT2D eigenvalue weighted by atomic mass is 9.86. The molecule has 0 fully saturated rings. The maximum absolute atomic E-state index is 9.41. The van der Waals surface area contributed by atoms with E-state index in [4.69, 9.17) is 0 Å².